The Morgan fingerprint density at radius 2 is 1.83 bits per heavy atom. The second-order valence-corrected chi connectivity index (χ2v) is 5.24. The third-order valence-corrected chi connectivity index (χ3v) is 3.66. The lowest BCUT2D eigenvalue weighted by Gasteiger charge is -2.38. The number of carbonyl (C=O) groups is 1. The number of carbonyl (C=O) groups excluding carboxylic acids is 1. The lowest BCUT2D eigenvalue weighted by atomic mass is 10.2. The highest BCUT2D eigenvalue weighted by Crippen LogP contribution is 2.24. The Bertz CT molecular complexity index is 366. The number of hydrogen-bond acceptors (Lipinski definition) is 4. The normalized spacial score (nSPS) is 23.2. The van der Waals surface area contributed by atoms with Crippen LogP contribution in [0.5, 0.6) is 0 Å². The molecular formula is C12H21Cl2F4N3O2. The maximum atomic E-state index is 13.0. The van der Waals surface area contributed by atoms with Crippen molar-refractivity contribution in [3.63, 3.8) is 0 Å². The highest BCUT2D eigenvalue weighted by molar-refractivity contribution is 5.85. The lowest BCUT2D eigenvalue weighted by Crippen LogP contribution is -2.58. The van der Waals surface area contributed by atoms with Crippen molar-refractivity contribution in [2.45, 2.75) is 18.4 Å². The molecule has 0 spiro atoms. The fraction of sp³-hybridized carbons (Fsp3) is 0.917. The van der Waals surface area contributed by atoms with Crippen LogP contribution >= 0.6 is 24.8 Å². The van der Waals surface area contributed by atoms with E-state index < -0.39 is 24.9 Å². The zero-order chi connectivity index (χ0) is 15.5. The second kappa shape index (κ2) is 9.83. The molecular weight excluding hydrogens is 365 g/mol. The molecule has 1 N–H and O–H groups in total. The summed E-state index contributed by atoms with van der Waals surface area (Å²) in [5, 5.41) is 3.03. The van der Waals surface area contributed by atoms with Crippen molar-refractivity contribution >= 4 is 30.7 Å². The Kier molecular flexibility index (Phi) is 9.68. The summed E-state index contributed by atoms with van der Waals surface area (Å²) in [6.45, 7) is 1.33. The summed E-state index contributed by atoms with van der Waals surface area (Å²) in [4.78, 5) is 15.0. The van der Waals surface area contributed by atoms with Crippen LogP contribution in [-0.2, 0) is 9.53 Å². The third kappa shape index (κ3) is 6.22. The van der Waals surface area contributed by atoms with Crippen molar-refractivity contribution < 1.29 is 27.1 Å². The monoisotopic (exact) mass is 385 g/mol. The summed E-state index contributed by atoms with van der Waals surface area (Å²) in [7, 11) is 0. The molecule has 23 heavy (non-hydrogen) atoms. The number of alkyl halides is 4. The molecule has 138 valence electrons. The van der Waals surface area contributed by atoms with Crippen LogP contribution in [0.15, 0.2) is 0 Å². The van der Waals surface area contributed by atoms with Crippen molar-refractivity contribution in [2.75, 3.05) is 52.5 Å². The molecule has 0 bridgehead atoms. The van der Waals surface area contributed by atoms with E-state index in [0.717, 1.165) is 0 Å². The fourth-order valence-corrected chi connectivity index (χ4v) is 2.44. The summed E-state index contributed by atoms with van der Waals surface area (Å²) in [6, 6.07) is -0.409. The number of hydrogen-bond donors (Lipinski definition) is 1. The van der Waals surface area contributed by atoms with Gasteiger partial charge in [0.05, 0.1) is 19.8 Å². The van der Waals surface area contributed by atoms with Crippen LogP contribution in [0.3, 0.4) is 0 Å². The van der Waals surface area contributed by atoms with Gasteiger partial charge in [-0.1, -0.05) is 0 Å². The molecule has 0 saturated carbocycles. The summed E-state index contributed by atoms with van der Waals surface area (Å²) in [5.41, 5.74) is 0. The molecule has 0 aromatic rings. The van der Waals surface area contributed by atoms with E-state index in [9.17, 15) is 22.4 Å². The number of halogens is 6. The van der Waals surface area contributed by atoms with Crippen molar-refractivity contribution in [2.24, 2.45) is 0 Å². The molecule has 11 heteroatoms. The number of rotatable bonds is 4. The first-order valence-electron chi connectivity index (χ1n) is 6.88. The van der Waals surface area contributed by atoms with Crippen LogP contribution < -0.4 is 5.32 Å². The number of ether oxygens (including phenoxy) is 1. The van der Waals surface area contributed by atoms with Gasteiger partial charge in [0.15, 0.2) is 0 Å². The maximum absolute atomic E-state index is 13.0. The van der Waals surface area contributed by atoms with Gasteiger partial charge in [0.1, 0.15) is 6.04 Å². The van der Waals surface area contributed by atoms with E-state index in [1.54, 1.807) is 4.90 Å². The molecule has 0 radical (unpaired) electrons. The van der Waals surface area contributed by atoms with E-state index in [1.807, 2.05) is 0 Å². The number of morpholine rings is 1. The van der Waals surface area contributed by atoms with E-state index in [4.69, 9.17) is 4.74 Å². The number of amides is 1. The summed E-state index contributed by atoms with van der Waals surface area (Å²) < 4.78 is 55.5. The average molecular weight is 386 g/mol. The molecule has 2 aliphatic rings. The third-order valence-electron chi connectivity index (χ3n) is 3.66. The van der Waals surface area contributed by atoms with Gasteiger partial charge >= 0.3 is 12.3 Å². The minimum absolute atomic E-state index is 0. The van der Waals surface area contributed by atoms with Gasteiger partial charge in [0, 0.05) is 32.7 Å². The van der Waals surface area contributed by atoms with Crippen molar-refractivity contribution in [3.05, 3.63) is 0 Å². The van der Waals surface area contributed by atoms with Gasteiger partial charge < -0.3 is 15.0 Å². The van der Waals surface area contributed by atoms with E-state index >= 15 is 0 Å². The molecule has 1 atom stereocenters. The van der Waals surface area contributed by atoms with Gasteiger partial charge in [-0.3, -0.25) is 9.69 Å². The molecule has 2 aliphatic heterocycles. The Hall–Kier alpha value is -0.350. The molecule has 2 saturated heterocycles. The zero-order valence-electron chi connectivity index (χ0n) is 12.4. The Morgan fingerprint density at radius 3 is 2.30 bits per heavy atom. The molecule has 0 aromatic carbocycles. The van der Waals surface area contributed by atoms with Gasteiger partial charge in [0.25, 0.3) is 0 Å². The highest BCUT2D eigenvalue weighted by atomic mass is 35.5. The number of nitrogens with one attached hydrogen (secondary N) is 1. The molecule has 0 aliphatic carbocycles. The predicted molar refractivity (Wildman–Crippen MR) is 81.1 cm³/mol. The summed E-state index contributed by atoms with van der Waals surface area (Å²) >= 11 is 0. The van der Waals surface area contributed by atoms with E-state index in [0.29, 0.717) is 19.8 Å². The van der Waals surface area contributed by atoms with Crippen LogP contribution in [0.25, 0.3) is 0 Å². The standard InChI is InChI=1S/C12H19F4N3O2.2ClH/c13-11(14)12(15,16)8-18-2-4-19(5-3-18)10(20)9-7-21-6-1-17-9;;/h9,11,17H,1-8H2;2*1H. The quantitative estimate of drug-likeness (QED) is 0.729. The van der Waals surface area contributed by atoms with Crippen LogP contribution in [0.1, 0.15) is 0 Å². The minimum atomic E-state index is -4.01. The van der Waals surface area contributed by atoms with E-state index in [1.165, 1.54) is 4.90 Å². The Balaban J connectivity index is 0.00000242. The molecule has 0 aromatic heterocycles. The second-order valence-electron chi connectivity index (χ2n) is 5.24. The van der Waals surface area contributed by atoms with E-state index in [-0.39, 0.29) is 56.9 Å². The minimum Gasteiger partial charge on any atom is -0.378 e. The van der Waals surface area contributed by atoms with Crippen LogP contribution in [-0.4, -0.2) is 86.6 Å². The van der Waals surface area contributed by atoms with E-state index in [2.05, 4.69) is 5.32 Å². The number of nitrogens with zero attached hydrogens (tertiary/aromatic N) is 2. The Morgan fingerprint density at radius 1 is 1.22 bits per heavy atom. The van der Waals surface area contributed by atoms with Crippen LogP contribution in [0.4, 0.5) is 17.6 Å². The maximum Gasteiger partial charge on any atom is 0.319 e. The van der Waals surface area contributed by atoms with Crippen molar-refractivity contribution in [1.82, 2.24) is 15.1 Å². The van der Waals surface area contributed by atoms with Gasteiger partial charge in [-0.05, 0) is 0 Å². The average Bonchev–Trinajstić information content (AvgIpc) is 2.48. The SMILES string of the molecule is Cl.Cl.O=C(C1COCCN1)N1CCN(CC(F)(F)C(F)F)CC1. The molecule has 2 rings (SSSR count). The summed E-state index contributed by atoms with van der Waals surface area (Å²) in [5.74, 6) is -4.14. The zero-order valence-corrected chi connectivity index (χ0v) is 14.0. The molecule has 2 fully saturated rings. The molecule has 2 heterocycles. The topological polar surface area (TPSA) is 44.8 Å². The molecule has 1 amide bonds. The van der Waals surface area contributed by atoms with Crippen LogP contribution in [0.2, 0.25) is 0 Å². The molecule has 5 nitrogen and oxygen atoms in total. The van der Waals surface area contributed by atoms with Crippen LogP contribution in [0, 0.1) is 0 Å². The molecule has 1 unspecified atom stereocenters. The highest BCUT2D eigenvalue weighted by Gasteiger charge is 2.43. The van der Waals surface area contributed by atoms with Gasteiger partial charge in [-0.2, -0.15) is 8.78 Å². The predicted octanol–water partition coefficient (Wildman–Crippen LogP) is 0.863. The van der Waals surface area contributed by atoms with Gasteiger partial charge in [-0.15, -0.1) is 24.8 Å². The first-order valence-corrected chi connectivity index (χ1v) is 6.88. The Labute approximate surface area is 144 Å². The smallest absolute Gasteiger partial charge is 0.319 e. The number of piperazine rings is 1. The van der Waals surface area contributed by atoms with Gasteiger partial charge in [0.2, 0.25) is 5.91 Å². The van der Waals surface area contributed by atoms with Gasteiger partial charge in [-0.25, -0.2) is 8.78 Å². The fourth-order valence-electron chi connectivity index (χ4n) is 2.44. The van der Waals surface area contributed by atoms with Crippen molar-refractivity contribution in [3.8, 4) is 0 Å². The largest absolute Gasteiger partial charge is 0.378 e. The van der Waals surface area contributed by atoms with Crippen molar-refractivity contribution in [1.29, 1.82) is 0 Å². The first-order chi connectivity index (χ1) is 9.90. The lowest BCUT2D eigenvalue weighted by molar-refractivity contribution is -0.149. The summed E-state index contributed by atoms with van der Waals surface area (Å²) in [6.07, 6.45) is -3.67. The first kappa shape index (κ1) is 22.6.